The summed E-state index contributed by atoms with van der Waals surface area (Å²) >= 11 is 3.59. The van der Waals surface area contributed by atoms with E-state index in [1.807, 2.05) is 19.1 Å². The number of anilines is 1. The topological polar surface area (TPSA) is 50.7 Å². The zero-order valence-corrected chi connectivity index (χ0v) is 12.9. The highest BCUT2D eigenvalue weighted by Crippen LogP contribution is 2.31. The first-order valence-corrected chi connectivity index (χ1v) is 7.14. The third-order valence-electron chi connectivity index (χ3n) is 2.69. The molecule has 0 aliphatic carbocycles. The molecule has 0 spiro atoms. The van der Waals surface area contributed by atoms with E-state index in [1.54, 1.807) is 12.4 Å². The zero-order chi connectivity index (χ0) is 13.8. The molecule has 4 nitrogen and oxygen atoms in total. The van der Waals surface area contributed by atoms with Crippen LogP contribution in [0.25, 0.3) is 11.4 Å². The molecular weight excluding hydrogens is 304 g/mol. The largest absolute Gasteiger partial charge is 0.369 e. The van der Waals surface area contributed by atoms with E-state index in [4.69, 9.17) is 0 Å². The van der Waals surface area contributed by atoms with E-state index in [1.165, 1.54) is 0 Å². The molecule has 0 bridgehead atoms. The molecule has 5 heteroatoms. The first kappa shape index (κ1) is 13.9. The Morgan fingerprint density at radius 1 is 1.32 bits per heavy atom. The summed E-state index contributed by atoms with van der Waals surface area (Å²) in [5.74, 6) is 1.86. The fraction of sp³-hybridized carbons (Fsp3) is 0.357. The van der Waals surface area contributed by atoms with Gasteiger partial charge in [-0.1, -0.05) is 13.8 Å². The van der Waals surface area contributed by atoms with Gasteiger partial charge in [-0.05, 0) is 40.9 Å². The van der Waals surface area contributed by atoms with Gasteiger partial charge in [-0.15, -0.1) is 0 Å². The van der Waals surface area contributed by atoms with Crippen molar-refractivity contribution in [2.24, 2.45) is 0 Å². The third kappa shape index (κ3) is 3.10. The summed E-state index contributed by atoms with van der Waals surface area (Å²) in [4.78, 5) is 13.3. The number of aromatic nitrogens is 3. The summed E-state index contributed by atoms with van der Waals surface area (Å²) in [6.07, 6.45) is 3.53. The number of halogens is 1. The molecule has 2 rings (SSSR count). The van der Waals surface area contributed by atoms with E-state index in [-0.39, 0.29) is 0 Å². The van der Waals surface area contributed by atoms with Gasteiger partial charge in [0.05, 0.1) is 10.2 Å². The highest BCUT2D eigenvalue weighted by molar-refractivity contribution is 9.10. The van der Waals surface area contributed by atoms with E-state index in [9.17, 15) is 0 Å². The Morgan fingerprint density at radius 2 is 2.11 bits per heavy atom. The van der Waals surface area contributed by atoms with Crippen LogP contribution in [0.15, 0.2) is 29.0 Å². The van der Waals surface area contributed by atoms with Crippen molar-refractivity contribution in [1.29, 1.82) is 0 Å². The maximum absolute atomic E-state index is 4.65. The number of rotatable bonds is 4. The van der Waals surface area contributed by atoms with Crippen molar-refractivity contribution in [3.05, 3.63) is 34.7 Å². The molecule has 0 aromatic carbocycles. The molecule has 0 saturated carbocycles. The average molecular weight is 321 g/mol. The molecule has 0 saturated heterocycles. The van der Waals surface area contributed by atoms with Crippen LogP contribution in [0, 0.1) is 0 Å². The molecule has 0 aliphatic heterocycles. The van der Waals surface area contributed by atoms with Gasteiger partial charge in [-0.3, -0.25) is 4.98 Å². The van der Waals surface area contributed by atoms with Crippen LogP contribution >= 0.6 is 15.9 Å². The summed E-state index contributed by atoms with van der Waals surface area (Å²) in [6, 6.07) is 3.86. The quantitative estimate of drug-likeness (QED) is 0.929. The second kappa shape index (κ2) is 6.10. The zero-order valence-electron chi connectivity index (χ0n) is 11.3. The molecule has 0 radical (unpaired) electrons. The molecular formula is C14H17BrN4. The Hall–Kier alpha value is -1.49. The van der Waals surface area contributed by atoms with Gasteiger partial charge in [0.2, 0.25) is 0 Å². The van der Waals surface area contributed by atoms with E-state index >= 15 is 0 Å². The second-order valence-electron chi connectivity index (χ2n) is 4.52. The van der Waals surface area contributed by atoms with Crippen molar-refractivity contribution in [3.8, 4) is 11.4 Å². The van der Waals surface area contributed by atoms with Crippen LogP contribution in [-0.2, 0) is 0 Å². The minimum absolute atomic E-state index is 0.324. The van der Waals surface area contributed by atoms with Crippen LogP contribution in [-0.4, -0.2) is 21.5 Å². The van der Waals surface area contributed by atoms with Crippen molar-refractivity contribution >= 4 is 21.7 Å². The monoisotopic (exact) mass is 320 g/mol. The van der Waals surface area contributed by atoms with Gasteiger partial charge in [0.15, 0.2) is 5.82 Å². The molecule has 2 aromatic heterocycles. The SMILES string of the molecule is CCNc1nc(-c2cccnc2)nc(C(C)C)c1Br. The van der Waals surface area contributed by atoms with E-state index in [0.29, 0.717) is 11.7 Å². The number of pyridine rings is 1. The van der Waals surface area contributed by atoms with Gasteiger partial charge in [-0.25, -0.2) is 9.97 Å². The van der Waals surface area contributed by atoms with Crippen molar-refractivity contribution in [2.75, 3.05) is 11.9 Å². The fourth-order valence-corrected chi connectivity index (χ4v) is 2.53. The minimum Gasteiger partial charge on any atom is -0.369 e. The Kier molecular flexibility index (Phi) is 4.47. The molecule has 0 atom stereocenters. The first-order valence-electron chi connectivity index (χ1n) is 6.35. The summed E-state index contributed by atoms with van der Waals surface area (Å²) in [6.45, 7) is 7.11. The molecule has 0 aliphatic rings. The van der Waals surface area contributed by atoms with Crippen LogP contribution in [0.3, 0.4) is 0 Å². The number of hydrogen-bond acceptors (Lipinski definition) is 4. The standard InChI is InChI=1S/C14H17BrN4/c1-4-17-14-11(15)12(9(2)3)18-13(19-14)10-6-5-7-16-8-10/h5-9H,4H2,1-3H3,(H,17,18,19). The maximum Gasteiger partial charge on any atom is 0.163 e. The Labute approximate surface area is 121 Å². The summed E-state index contributed by atoms with van der Waals surface area (Å²) in [5.41, 5.74) is 1.93. The molecule has 0 unspecified atom stereocenters. The van der Waals surface area contributed by atoms with Gasteiger partial charge < -0.3 is 5.32 Å². The van der Waals surface area contributed by atoms with E-state index in [0.717, 1.165) is 28.1 Å². The van der Waals surface area contributed by atoms with Gasteiger partial charge in [-0.2, -0.15) is 0 Å². The third-order valence-corrected chi connectivity index (χ3v) is 3.47. The van der Waals surface area contributed by atoms with Crippen LogP contribution < -0.4 is 5.32 Å². The predicted molar refractivity (Wildman–Crippen MR) is 81.2 cm³/mol. The average Bonchev–Trinajstić information content (AvgIpc) is 2.42. The van der Waals surface area contributed by atoms with Crippen LogP contribution in [0.4, 0.5) is 5.82 Å². The number of nitrogens with one attached hydrogen (secondary N) is 1. The molecule has 100 valence electrons. The lowest BCUT2D eigenvalue weighted by molar-refractivity contribution is 0.809. The van der Waals surface area contributed by atoms with Gasteiger partial charge in [0.1, 0.15) is 5.82 Å². The summed E-state index contributed by atoms with van der Waals surface area (Å²) in [7, 11) is 0. The number of nitrogens with zero attached hydrogens (tertiary/aromatic N) is 3. The van der Waals surface area contributed by atoms with Crippen LogP contribution in [0.5, 0.6) is 0 Å². The maximum atomic E-state index is 4.65. The Balaban J connectivity index is 2.56. The van der Waals surface area contributed by atoms with E-state index < -0.39 is 0 Å². The highest BCUT2D eigenvalue weighted by atomic mass is 79.9. The van der Waals surface area contributed by atoms with Gasteiger partial charge in [0, 0.05) is 24.5 Å². The molecule has 2 heterocycles. The van der Waals surface area contributed by atoms with Crippen LogP contribution in [0.2, 0.25) is 0 Å². The highest BCUT2D eigenvalue weighted by Gasteiger charge is 2.15. The molecule has 0 fully saturated rings. The first-order chi connectivity index (χ1) is 9.13. The molecule has 0 amide bonds. The van der Waals surface area contributed by atoms with Crippen molar-refractivity contribution < 1.29 is 0 Å². The van der Waals surface area contributed by atoms with Crippen molar-refractivity contribution in [3.63, 3.8) is 0 Å². The van der Waals surface area contributed by atoms with Crippen LogP contribution in [0.1, 0.15) is 32.4 Å². The summed E-state index contributed by atoms with van der Waals surface area (Å²) < 4.78 is 0.942. The Bertz CT molecular complexity index is 555. The fourth-order valence-electron chi connectivity index (χ4n) is 1.76. The molecule has 19 heavy (non-hydrogen) atoms. The lowest BCUT2D eigenvalue weighted by Crippen LogP contribution is -2.07. The van der Waals surface area contributed by atoms with Gasteiger partial charge >= 0.3 is 0 Å². The lowest BCUT2D eigenvalue weighted by Gasteiger charge is -2.14. The second-order valence-corrected chi connectivity index (χ2v) is 5.31. The van der Waals surface area contributed by atoms with Crippen molar-refractivity contribution in [2.45, 2.75) is 26.7 Å². The molecule has 1 N–H and O–H groups in total. The van der Waals surface area contributed by atoms with E-state index in [2.05, 4.69) is 50.0 Å². The van der Waals surface area contributed by atoms with Crippen molar-refractivity contribution in [1.82, 2.24) is 15.0 Å². The predicted octanol–water partition coefficient (Wildman–Crippen LogP) is 3.86. The Morgan fingerprint density at radius 3 is 2.68 bits per heavy atom. The smallest absolute Gasteiger partial charge is 0.163 e. The normalized spacial score (nSPS) is 10.8. The van der Waals surface area contributed by atoms with Gasteiger partial charge in [0.25, 0.3) is 0 Å². The molecule has 2 aromatic rings. The minimum atomic E-state index is 0.324. The summed E-state index contributed by atoms with van der Waals surface area (Å²) in [5, 5.41) is 3.26. The lowest BCUT2D eigenvalue weighted by atomic mass is 10.1. The number of hydrogen-bond donors (Lipinski definition) is 1.